The first kappa shape index (κ1) is 12.3. The average Bonchev–Trinajstić information content (AvgIpc) is 2.82. The molecule has 4 nitrogen and oxygen atoms in total. The van der Waals surface area contributed by atoms with Gasteiger partial charge in [-0.25, -0.2) is 9.97 Å². The summed E-state index contributed by atoms with van der Waals surface area (Å²) in [6, 6.07) is 6.31. The lowest BCUT2D eigenvalue weighted by atomic mass is 9.94. The summed E-state index contributed by atoms with van der Waals surface area (Å²) in [6.07, 6.45) is 7.75. The molecule has 0 atom stereocenters. The molecule has 2 heterocycles. The summed E-state index contributed by atoms with van der Waals surface area (Å²) < 4.78 is 2.04. The molecule has 4 rings (SSSR count). The lowest BCUT2D eigenvalue weighted by Crippen LogP contribution is -2.13. The molecule has 104 valence electrons. The molecule has 2 aromatic heterocycles. The summed E-state index contributed by atoms with van der Waals surface area (Å²) in [4.78, 5) is 20.3. The average molecular weight is 277 g/mol. The summed E-state index contributed by atoms with van der Waals surface area (Å²) in [5.41, 5.74) is 5.30. The maximum absolute atomic E-state index is 12.2. The second-order valence-corrected chi connectivity index (χ2v) is 5.52. The van der Waals surface area contributed by atoms with E-state index >= 15 is 0 Å². The van der Waals surface area contributed by atoms with Crippen LogP contribution in [0.2, 0.25) is 0 Å². The standard InChI is InChI=1S/C17H15N3O/c1-20-15-6-5-11(12-8-18-10-19-9-12)7-14(15)13-3-2-4-16(21)17(13)20/h5-10H,2-4H2,1H3. The van der Waals surface area contributed by atoms with Crippen molar-refractivity contribution in [3.05, 3.63) is 48.2 Å². The van der Waals surface area contributed by atoms with Gasteiger partial charge in [0.2, 0.25) is 0 Å². The maximum atomic E-state index is 12.2. The molecule has 1 aliphatic carbocycles. The Morgan fingerprint density at radius 1 is 1.10 bits per heavy atom. The molecule has 0 unspecified atom stereocenters. The van der Waals surface area contributed by atoms with Gasteiger partial charge in [0, 0.05) is 42.3 Å². The fourth-order valence-corrected chi connectivity index (χ4v) is 3.30. The highest BCUT2D eigenvalue weighted by Gasteiger charge is 2.24. The number of fused-ring (bicyclic) bond motifs is 3. The van der Waals surface area contributed by atoms with E-state index in [1.165, 1.54) is 17.3 Å². The van der Waals surface area contributed by atoms with Crippen LogP contribution in [0.4, 0.5) is 0 Å². The van der Waals surface area contributed by atoms with Gasteiger partial charge in [-0.15, -0.1) is 0 Å². The molecule has 0 fully saturated rings. The summed E-state index contributed by atoms with van der Waals surface area (Å²) in [6.45, 7) is 0. The highest BCUT2D eigenvalue weighted by molar-refractivity contribution is 6.04. The van der Waals surface area contributed by atoms with Gasteiger partial charge in [-0.3, -0.25) is 4.79 Å². The number of ketones is 1. The maximum Gasteiger partial charge on any atom is 0.179 e. The van der Waals surface area contributed by atoms with Crippen LogP contribution in [-0.2, 0) is 13.5 Å². The number of Topliss-reactive ketones (excluding diaryl/α,β-unsaturated/α-hetero) is 1. The molecule has 0 amide bonds. The Morgan fingerprint density at radius 2 is 1.90 bits per heavy atom. The monoisotopic (exact) mass is 277 g/mol. The van der Waals surface area contributed by atoms with Gasteiger partial charge < -0.3 is 4.57 Å². The Kier molecular flexibility index (Phi) is 2.64. The third-order valence-corrected chi connectivity index (χ3v) is 4.29. The number of hydrogen-bond donors (Lipinski definition) is 0. The van der Waals surface area contributed by atoms with Crippen molar-refractivity contribution in [1.82, 2.24) is 14.5 Å². The molecule has 4 heteroatoms. The SMILES string of the molecule is Cn1c2c(c3cc(-c4cncnc4)ccc31)CCCC2=O. The highest BCUT2D eigenvalue weighted by atomic mass is 16.1. The molecule has 21 heavy (non-hydrogen) atoms. The van der Waals surface area contributed by atoms with Crippen molar-refractivity contribution >= 4 is 16.7 Å². The molecule has 3 aromatic rings. The van der Waals surface area contributed by atoms with Crippen LogP contribution in [0.3, 0.4) is 0 Å². The predicted octanol–water partition coefficient (Wildman–Crippen LogP) is 3.15. The molecule has 0 spiro atoms. The van der Waals surface area contributed by atoms with Gasteiger partial charge in [0.1, 0.15) is 6.33 Å². The minimum absolute atomic E-state index is 0.263. The molecule has 1 aliphatic rings. The van der Waals surface area contributed by atoms with E-state index in [2.05, 4.69) is 28.2 Å². The number of aryl methyl sites for hydroxylation is 2. The second kappa shape index (κ2) is 4.52. The van der Waals surface area contributed by atoms with Crippen LogP contribution in [0.1, 0.15) is 28.9 Å². The van der Waals surface area contributed by atoms with Crippen molar-refractivity contribution in [2.24, 2.45) is 7.05 Å². The third kappa shape index (κ3) is 1.79. The van der Waals surface area contributed by atoms with Crippen LogP contribution in [0.25, 0.3) is 22.0 Å². The summed E-state index contributed by atoms with van der Waals surface area (Å²) in [7, 11) is 1.98. The molecule has 0 saturated carbocycles. The van der Waals surface area contributed by atoms with Crippen LogP contribution in [0.5, 0.6) is 0 Å². The Bertz CT molecular complexity index is 849. The van der Waals surface area contributed by atoms with Crippen molar-refractivity contribution < 1.29 is 4.79 Å². The van der Waals surface area contributed by atoms with Gasteiger partial charge in [0.15, 0.2) is 5.78 Å². The predicted molar refractivity (Wildman–Crippen MR) is 81.2 cm³/mol. The van der Waals surface area contributed by atoms with Gasteiger partial charge in [-0.05, 0) is 36.1 Å². The molecule has 1 aromatic carbocycles. The molecular formula is C17H15N3O. The number of hydrogen-bond acceptors (Lipinski definition) is 3. The molecular weight excluding hydrogens is 262 g/mol. The second-order valence-electron chi connectivity index (χ2n) is 5.52. The normalized spacial score (nSPS) is 14.4. The molecule has 0 N–H and O–H groups in total. The highest BCUT2D eigenvalue weighted by Crippen LogP contribution is 2.33. The number of rotatable bonds is 1. The van der Waals surface area contributed by atoms with Crippen molar-refractivity contribution in [2.75, 3.05) is 0 Å². The van der Waals surface area contributed by atoms with Gasteiger partial charge in [-0.1, -0.05) is 6.07 Å². The zero-order valence-corrected chi connectivity index (χ0v) is 11.8. The quantitative estimate of drug-likeness (QED) is 0.686. The topological polar surface area (TPSA) is 47.8 Å². The van der Waals surface area contributed by atoms with Crippen LogP contribution in [0.15, 0.2) is 36.9 Å². The number of carbonyl (C=O) groups is 1. The van der Waals surface area contributed by atoms with E-state index in [1.807, 2.05) is 24.0 Å². The number of carbonyl (C=O) groups excluding carboxylic acids is 1. The first-order valence-electron chi connectivity index (χ1n) is 7.15. The van der Waals surface area contributed by atoms with Crippen LogP contribution in [-0.4, -0.2) is 20.3 Å². The van der Waals surface area contributed by atoms with Crippen LogP contribution in [0, 0.1) is 0 Å². The van der Waals surface area contributed by atoms with Crippen LogP contribution < -0.4 is 0 Å². The first-order chi connectivity index (χ1) is 10.3. The van der Waals surface area contributed by atoms with Gasteiger partial charge in [0.05, 0.1) is 5.69 Å². The number of nitrogens with zero attached hydrogens (tertiary/aromatic N) is 3. The van der Waals surface area contributed by atoms with E-state index in [1.54, 1.807) is 0 Å². The largest absolute Gasteiger partial charge is 0.341 e. The van der Waals surface area contributed by atoms with Crippen molar-refractivity contribution in [3.63, 3.8) is 0 Å². The smallest absolute Gasteiger partial charge is 0.179 e. The van der Waals surface area contributed by atoms with Gasteiger partial charge in [-0.2, -0.15) is 0 Å². The minimum atomic E-state index is 0.263. The van der Waals surface area contributed by atoms with Crippen molar-refractivity contribution in [1.29, 1.82) is 0 Å². The van der Waals surface area contributed by atoms with Gasteiger partial charge in [0.25, 0.3) is 0 Å². The Hall–Kier alpha value is -2.49. The number of benzene rings is 1. The first-order valence-corrected chi connectivity index (χ1v) is 7.15. The minimum Gasteiger partial charge on any atom is -0.341 e. The summed E-state index contributed by atoms with van der Waals surface area (Å²) in [5, 5.41) is 1.18. The van der Waals surface area contributed by atoms with E-state index in [0.29, 0.717) is 6.42 Å². The lowest BCUT2D eigenvalue weighted by Gasteiger charge is -2.11. The zero-order chi connectivity index (χ0) is 14.4. The number of aromatic nitrogens is 3. The molecule has 0 radical (unpaired) electrons. The Balaban J connectivity index is 1.98. The van der Waals surface area contributed by atoms with Crippen molar-refractivity contribution in [3.8, 4) is 11.1 Å². The van der Waals surface area contributed by atoms with Crippen molar-refractivity contribution in [2.45, 2.75) is 19.3 Å². The van der Waals surface area contributed by atoms with E-state index < -0.39 is 0 Å². The fraction of sp³-hybridized carbons (Fsp3) is 0.235. The third-order valence-electron chi connectivity index (χ3n) is 4.29. The Morgan fingerprint density at radius 3 is 2.71 bits per heavy atom. The van der Waals surface area contributed by atoms with E-state index in [4.69, 9.17) is 0 Å². The van der Waals surface area contributed by atoms with E-state index in [0.717, 1.165) is 35.2 Å². The zero-order valence-electron chi connectivity index (χ0n) is 11.8. The lowest BCUT2D eigenvalue weighted by molar-refractivity contribution is 0.0965. The summed E-state index contributed by atoms with van der Waals surface area (Å²) in [5.74, 6) is 0.263. The van der Waals surface area contributed by atoms with E-state index in [9.17, 15) is 4.79 Å². The van der Waals surface area contributed by atoms with Crippen LogP contribution >= 0.6 is 0 Å². The van der Waals surface area contributed by atoms with E-state index in [-0.39, 0.29) is 5.78 Å². The van der Waals surface area contributed by atoms with Gasteiger partial charge >= 0.3 is 0 Å². The fourth-order valence-electron chi connectivity index (χ4n) is 3.30. The summed E-state index contributed by atoms with van der Waals surface area (Å²) >= 11 is 0. The molecule has 0 saturated heterocycles. The molecule has 0 aliphatic heterocycles. The molecule has 0 bridgehead atoms. The Labute approximate surface area is 122 Å².